The fourth-order valence-corrected chi connectivity index (χ4v) is 0.284. The van der Waals surface area contributed by atoms with E-state index in [2.05, 4.69) is 16.6 Å². The van der Waals surface area contributed by atoms with Crippen LogP contribution in [0.5, 0.6) is 0 Å². The summed E-state index contributed by atoms with van der Waals surface area (Å²) in [6, 6.07) is 0. The first kappa shape index (κ1) is 8.22. The summed E-state index contributed by atoms with van der Waals surface area (Å²) in [6.07, 6.45) is 3.17. The number of aliphatic hydroxyl groups excluding tert-OH is 1. The quantitative estimate of drug-likeness (QED) is 0.535. The van der Waals surface area contributed by atoms with Crippen LogP contribution in [0.25, 0.3) is 0 Å². The lowest BCUT2D eigenvalue weighted by molar-refractivity contribution is 0.240. The molecule has 0 spiro atoms. The average molecular weight is 126 g/mol. The van der Waals surface area contributed by atoms with Crippen molar-refractivity contribution in [1.82, 2.24) is 0 Å². The molecule has 50 valence electrons. The van der Waals surface area contributed by atoms with Gasteiger partial charge < -0.3 is 9.84 Å². The van der Waals surface area contributed by atoms with Crippen LogP contribution in [0.4, 0.5) is 0 Å². The van der Waals surface area contributed by atoms with Crippen LogP contribution < -0.4 is 0 Å². The Labute approximate surface area is 55.1 Å². The molecular formula is C7H10O2. The van der Waals surface area contributed by atoms with E-state index < -0.39 is 0 Å². The molecule has 0 fully saturated rings. The lowest BCUT2D eigenvalue weighted by atomic mass is 10.5. The van der Waals surface area contributed by atoms with Gasteiger partial charge in [0, 0.05) is 7.11 Å². The minimum absolute atomic E-state index is 0.0433. The molecule has 0 aromatic carbocycles. The smallest absolute Gasteiger partial charge is 0.107 e. The van der Waals surface area contributed by atoms with E-state index in [1.54, 1.807) is 19.3 Å². The number of ether oxygens (including phenoxy) is 1. The minimum atomic E-state index is 0.0433. The number of allylic oxidation sites excluding steroid dienone is 1. The maximum Gasteiger partial charge on any atom is 0.107 e. The van der Waals surface area contributed by atoms with Crippen LogP contribution in [-0.2, 0) is 4.74 Å². The first-order valence-electron chi connectivity index (χ1n) is 2.65. The molecule has 0 aliphatic rings. The molecule has 9 heavy (non-hydrogen) atoms. The summed E-state index contributed by atoms with van der Waals surface area (Å²) in [4.78, 5) is 0. The third-order valence-corrected chi connectivity index (χ3v) is 0.625. The van der Waals surface area contributed by atoms with Crippen LogP contribution in [0.3, 0.4) is 0 Å². The molecule has 0 rings (SSSR count). The lowest BCUT2D eigenvalue weighted by Gasteiger charge is -1.79. The highest BCUT2D eigenvalue weighted by Gasteiger charge is 1.64. The molecule has 0 aromatic heterocycles. The maximum atomic E-state index is 8.24. The van der Waals surface area contributed by atoms with Crippen molar-refractivity contribution in [3.63, 3.8) is 0 Å². The minimum Gasteiger partial charge on any atom is -0.392 e. The largest absolute Gasteiger partial charge is 0.392 e. The van der Waals surface area contributed by atoms with Gasteiger partial charge in [0.25, 0.3) is 0 Å². The van der Waals surface area contributed by atoms with Gasteiger partial charge in [0.15, 0.2) is 0 Å². The molecule has 0 aliphatic heterocycles. The molecule has 0 amide bonds. The number of methoxy groups -OCH3 is 1. The van der Waals surface area contributed by atoms with Gasteiger partial charge in [-0.3, -0.25) is 0 Å². The Balaban J connectivity index is 3.25. The van der Waals surface area contributed by atoms with Crippen LogP contribution in [0.1, 0.15) is 0 Å². The van der Waals surface area contributed by atoms with Gasteiger partial charge >= 0.3 is 0 Å². The van der Waals surface area contributed by atoms with Crippen LogP contribution in [-0.4, -0.2) is 25.4 Å². The first-order chi connectivity index (χ1) is 4.41. The van der Waals surface area contributed by atoms with Crippen molar-refractivity contribution in [3.8, 4) is 11.8 Å². The summed E-state index contributed by atoms with van der Waals surface area (Å²) in [5.74, 6) is 5.37. The first-order valence-corrected chi connectivity index (χ1v) is 2.65. The molecule has 0 saturated carbocycles. The normalized spacial score (nSPS) is 9.11. The van der Waals surface area contributed by atoms with Crippen molar-refractivity contribution in [2.75, 3.05) is 20.3 Å². The summed E-state index contributed by atoms with van der Waals surface area (Å²) in [5, 5.41) is 8.24. The van der Waals surface area contributed by atoms with E-state index in [1.807, 2.05) is 0 Å². The van der Waals surface area contributed by atoms with Crippen LogP contribution in [0.15, 0.2) is 12.2 Å². The highest BCUT2D eigenvalue weighted by atomic mass is 16.5. The van der Waals surface area contributed by atoms with E-state index in [0.717, 1.165) is 0 Å². The number of hydrogen-bond acceptors (Lipinski definition) is 2. The summed E-state index contributed by atoms with van der Waals surface area (Å²) in [7, 11) is 1.59. The maximum absolute atomic E-state index is 8.24. The molecule has 0 heterocycles. The predicted octanol–water partition coefficient (Wildman–Crippen LogP) is 0.185. The van der Waals surface area contributed by atoms with Gasteiger partial charge in [-0.25, -0.2) is 0 Å². The van der Waals surface area contributed by atoms with E-state index in [-0.39, 0.29) is 6.61 Å². The molecule has 0 saturated heterocycles. The molecule has 0 aliphatic carbocycles. The van der Waals surface area contributed by atoms with E-state index in [0.29, 0.717) is 6.61 Å². The Kier molecular flexibility index (Phi) is 6.59. The zero-order chi connectivity index (χ0) is 6.95. The molecule has 0 aromatic rings. The Morgan fingerprint density at radius 1 is 1.67 bits per heavy atom. The van der Waals surface area contributed by atoms with Crippen molar-refractivity contribution in [1.29, 1.82) is 0 Å². The second-order valence-electron chi connectivity index (χ2n) is 1.34. The third-order valence-electron chi connectivity index (χ3n) is 0.625. The zero-order valence-electron chi connectivity index (χ0n) is 5.42. The number of aliphatic hydroxyl groups is 1. The molecule has 0 unspecified atom stereocenters. The second-order valence-corrected chi connectivity index (χ2v) is 1.34. The number of hydrogen-bond donors (Lipinski definition) is 1. The summed E-state index contributed by atoms with van der Waals surface area (Å²) >= 11 is 0. The topological polar surface area (TPSA) is 29.5 Å². The zero-order valence-corrected chi connectivity index (χ0v) is 5.42. The SMILES string of the molecule is COCC#C/C=C/CO. The average Bonchev–Trinajstić information content (AvgIpc) is 1.89. The highest BCUT2D eigenvalue weighted by molar-refractivity contribution is 5.15. The Morgan fingerprint density at radius 3 is 3.00 bits per heavy atom. The van der Waals surface area contributed by atoms with Crippen molar-refractivity contribution in [2.24, 2.45) is 0 Å². The molecular weight excluding hydrogens is 116 g/mol. The second kappa shape index (κ2) is 7.22. The van der Waals surface area contributed by atoms with E-state index >= 15 is 0 Å². The molecule has 0 bridgehead atoms. The molecule has 1 N–H and O–H groups in total. The Bertz CT molecular complexity index is 128. The third kappa shape index (κ3) is 7.22. The van der Waals surface area contributed by atoms with E-state index in [4.69, 9.17) is 5.11 Å². The molecule has 0 atom stereocenters. The molecule has 2 heteroatoms. The van der Waals surface area contributed by atoms with Gasteiger partial charge in [0.05, 0.1) is 6.61 Å². The van der Waals surface area contributed by atoms with Crippen molar-refractivity contribution < 1.29 is 9.84 Å². The fraction of sp³-hybridized carbons (Fsp3) is 0.429. The van der Waals surface area contributed by atoms with Crippen molar-refractivity contribution in [3.05, 3.63) is 12.2 Å². The highest BCUT2D eigenvalue weighted by Crippen LogP contribution is 1.67. The molecule has 0 radical (unpaired) electrons. The van der Waals surface area contributed by atoms with Crippen LogP contribution >= 0.6 is 0 Å². The van der Waals surface area contributed by atoms with Gasteiger partial charge in [-0.1, -0.05) is 17.9 Å². The number of rotatable bonds is 2. The van der Waals surface area contributed by atoms with Gasteiger partial charge in [-0.15, -0.1) is 0 Å². The van der Waals surface area contributed by atoms with Gasteiger partial charge in [-0.2, -0.15) is 0 Å². The monoisotopic (exact) mass is 126 g/mol. The summed E-state index contributed by atoms with van der Waals surface area (Å²) in [5.41, 5.74) is 0. The van der Waals surface area contributed by atoms with Gasteiger partial charge in [0.1, 0.15) is 6.61 Å². The van der Waals surface area contributed by atoms with E-state index in [1.165, 1.54) is 0 Å². The summed E-state index contributed by atoms with van der Waals surface area (Å²) in [6.45, 7) is 0.484. The van der Waals surface area contributed by atoms with Gasteiger partial charge in [-0.05, 0) is 6.08 Å². The Hall–Kier alpha value is -0.780. The van der Waals surface area contributed by atoms with Crippen LogP contribution in [0.2, 0.25) is 0 Å². The Morgan fingerprint density at radius 2 is 2.44 bits per heavy atom. The lowest BCUT2D eigenvalue weighted by Crippen LogP contribution is -1.79. The predicted molar refractivity (Wildman–Crippen MR) is 35.9 cm³/mol. The van der Waals surface area contributed by atoms with E-state index in [9.17, 15) is 0 Å². The summed E-state index contributed by atoms with van der Waals surface area (Å²) < 4.78 is 4.65. The van der Waals surface area contributed by atoms with Crippen molar-refractivity contribution in [2.45, 2.75) is 0 Å². The standard InChI is InChI=1S/C7H10O2/c1-9-7-5-3-2-4-6-8/h2,4,8H,6-7H2,1H3/b4-2+. The van der Waals surface area contributed by atoms with Gasteiger partial charge in [0.2, 0.25) is 0 Å². The van der Waals surface area contributed by atoms with Crippen molar-refractivity contribution >= 4 is 0 Å². The van der Waals surface area contributed by atoms with Crippen LogP contribution in [0, 0.1) is 11.8 Å². The fourth-order valence-electron chi connectivity index (χ4n) is 0.284. The molecule has 2 nitrogen and oxygen atoms in total.